The Balaban J connectivity index is 1.18. The van der Waals surface area contributed by atoms with Crippen molar-refractivity contribution in [2.24, 2.45) is 5.73 Å². The van der Waals surface area contributed by atoms with Gasteiger partial charge in [0.25, 0.3) is 5.91 Å². The second kappa shape index (κ2) is 11.5. The Morgan fingerprint density at radius 2 is 1.74 bits per heavy atom. The number of carbonyl (C=O) groups excluding carboxylic acids is 2. The van der Waals surface area contributed by atoms with Crippen LogP contribution in [0.25, 0.3) is 11.0 Å². The second-order valence-electron chi connectivity index (χ2n) is 11.4. The zero-order chi connectivity index (χ0) is 30.2. The van der Waals surface area contributed by atoms with Gasteiger partial charge in [0.05, 0.1) is 11.1 Å². The smallest absolute Gasteiger partial charge is 0.254 e. The minimum absolute atomic E-state index is 0.00205. The standard InChI is InChI=1S/C30H33F2N9O2/c1-17(2)19-13-34-30(35-14-19)39-10-7-20(8-11-39)41-15-22(32)25-27(36-16-37-28(25)41)38-23-6-5-18(12-21(23)31)29(43)40-9-3-4-24(40)26(33)42/h5-6,12-17,20,24H,3-4,7-11H2,1-2H3,(H2,33,42)(H,36,37,38)/t24-/m1/s1. The largest absolute Gasteiger partial charge is 0.368 e. The minimum Gasteiger partial charge on any atom is -0.368 e. The normalized spacial score (nSPS) is 17.7. The maximum atomic E-state index is 15.4. The summed E-state index contributed by atoms with van der Waals surface area (Å²) in [6.45, 7) is 5.99. The molecule has 0 spiro atoms. The van der Waals surface area contributed by atoms with Gasteiger partial charge in [-0.05, 0) is 55.4 Å². The van der Waals surface area contributed by atoms with Crippen LogP contribution in [0, 0.1) is 11.6 Å². The van der Waals surface area contributed by atoms with Crippen molar-refractivity contribution in [2.75, 3.05) is 29.9 Å². The van der Waals surface area contributed by atoms with Crippen molar-refractivity contribution in [3.8, 4) is 0 Å². The molecule has 0 unspecified atom stereocenters. The highest BCUT2D eigenvalue weighted by Crippen LogP contribution is 2.34. The van der Waals surface area contributed by atoms with Gasteiger partial charge in [-0.3, -0.25) is 9.59 Å². The number of nitrogens with two attached hydrogens (primary N) is 1. The summed E-state index contributed by atoms with van der Waals surface area (Å²) in [5.74, 6) is -1.13. The summed E-state index contributed by atoms with van der Waals surface area (Å²) in [4.78, 5) is 45.7. The molecule has 13 heteroatoms. The van der Waals surface area contributed by atoms with Crippen molar-refractivity contribution in [1.29, 1.82) is 0 Å². The molecule has 1 atom stereocenters. The van der Waals surface area contributed by atoms with Crippen LogP contribution in [0.4, 0.5) is 26.2 Å². The molecule has 5 heterocycles. The van der Waals surface area contributed by atoms with Crippen LogP contribution < -0.4 is 16.0 Å². The molecule has 43 heavy (non-hydrogen) atoms. The minimum atomic E-state index is -0.719. The molecule has 3 N–H and O–H groups in total. The number of nitrogens with zero attached hydrogens (tertiary/aromatic N) is 7. The Morgan fingerprint density at radius 3 is 2.42 bits per heavy atom. The third-order valence-corrected chi connectivity index (χ3v) is 8.34. The first kappa shape index (κ1) is 28.4. The number of halogens is 2. The third-order valence-electron chi connectivity index (χ3n) is 8.34. The number of carbonyl (C=O) groups is 2. The van der Waals surface area contributed by atoms with Gasteiger partial charge in [0.1, 0.15) is 29.7 Å². The van der Waals surface area contributed by atoms with Gasteiger partial charge in [-0.25, -0.2) is 28.7 Å². The van der Waals surface area contributed by atoms with Crippen LogP contribution in [-0.2, 0) is 4.79 Å². The fourth-order valence-corrected chi connectivity index (χ4v) is 5.90. The van der Waals surface area contributed by atoms with Crippen LogP contribution >= 0.6 is 0 Å². The number of fused-ring (bicyclic) bond motifs is 1. The molecule has 2 amide bonds. The van der Waals surface area contributed by atoms with E-state index in [9.17, 15) is 9.59 Å². The summed E-state index contributed by atoms with van der Waals surface area (Å²) in [5.41, 5.74) is 7.03. The predicted octanol–water partition coefficient (Wildman–Crippen LogP) is 4.30. The lowest BCUT2D eigenvalue weighted by atomic mass is 10.1. The molecule has 224 valence electrons. The zero-order valence-electron chi connectivity index (χ0n) is 24.0. The van der Waals surface area contributed by atoms with Gasteiger partial charge in [-0.2, -0.15) is 0 Å². The summed E-state index contributed by atoms with van der Waals surface area (Å²) in [6.07, 6.45) is 9.07. The number of aromatic nitrogens is 5. The van der Waals surface area contributed by atoms with E-state index in [0.717, 1.165) is 24.5 Å². The molecular formula is C30H33F2N9O2. The van der Waals surface area contributed by atoms with Crippen LogP contribution in [0.1, 0.15) is 67.4 Å². The van der Waals surface area contributed by atoms with E-state index in [1.807, 2.05) is 17.0 Å². The molecule has 3 aromatic heterocycles. The molecule has 2 saturated heterocycles. The number of likely N-dealkylation sites (tertiary alicyclic amines) is 1. The number of hydrogen-bond donors (Lipinski definition) is 2. The SMILES string of the molecule is CC(C)c1cnc(N2CCC(n3cc(F)c4c(Nc5ccc(C(=O)N6CCC[C@@H]6C(N)=O)cc5F)ncnc43)CC2)nc1. The maximum Gasteiger partial charge on any atom is 0.254 e. The lowest BCUT2D eigenvalue weighted by molar-refractivity contribution is -0.121. The Morgan fingerprint density at radius 1 is 1.00 bits per heavy atom. The monoisotopic (exact) mass is 589 g/mol. The van der Waals surface area contributed by atoms with Crippen LogP contribution in [-0.4, -0.2) is 66.9 Å². The van der Waals surface area contributed by atoms with Crippen LogP contribution in [0.15, 0.2) is 43.1 Å². The van der Waals surface area contributed by atoms with E-state index >= 15 is 8.78 Å². The Hall–Kier alpha value is -4.68. The van der Waals surface area contributed by atoms with Crippen molar-refractivity contribution in [2.45, 2.75) is 57.5 Å². The van der Waals surface area contributed by atoms with Crippen molar-refractivity contribution in [3.63, 3.8) is 0 Å². The van der Waals surface area contributed by atoms with Crippen molar-refractivity contribution in [1.82, 2.24) is 29.4 Å². The highest BCUT2D eigenvalue weighted by molar-refractivity contribution is 5.98. The van der Waals surface area contributed by atoms with E-state index in [0.29, 0.717) is 50.0 Å². The van der Waals surface area contributed by atoms with E-state index in [2.05, 4.69) is 44.0 Å². The number of nitrogens with one attached hydrogen (secondary N) is 1. The van der Waals surface area contributed by atoms with E-state index in [1.54, 1.807) is 0 Å². The zero-order valence-corrected chi connectivity index (χ0v) is 24.0. The number of piperidine rings is 1. The number of primary amides is 1. The summed E-state index contributed by atoms with van der Waals surface area (Å²) in [7, 11) is 0. The van der Waals surface area contributed by atoms with Crippen LogP contribution in [0.2, 0.25) is 0 Å². The molecule has 0 aliphatic carbocycles. The van der Waals surface area contributed by atoms with E-state index in [4.69, 9.17) is 5.73 Å². The summed E-state index contributed by atoms with van der Waals surface area (Å²) in [6, 6.07) is 3.24. The Labute approximate surface area is 247 Å². The first-order valence-electron chi connectivity index (χ1n) is 14.5. The summed E-state index contributed by atoms with van der Waals surface area (Å²) < 4.78 is 32.4. The maximum absolute atomic E-state index is 15.4. The third kappa shape index (κ3) is 5.46. The fraction of sp³-hybridized carbons (Fsp3) is 0.400. The Bertz CT molecular complexity index is 1670. The van der Waals surface area contributed by atoms with Gasteiger partial charge < -0.3 is 25.4 Å². The molecule has 4 aromatic rings. The van der Waals surface area contributed by atoms with Gasteiger partial charge in [0.2, 0.25) is 11.9 Å². The molecule has 2 aliphatic rings. The van der Waals surface area contributed by atoms with Gasteiger partial charge >= 0.3 is 0 Å². The first-order valence-corrected chi connectivity index (χ1v) is 14.5. The molecule has 2 aliphatic heterocycles. The quantitative estimate of drug-likeness (QED) is 0.326. The van der Waals surface area contributed by atoms with E-state index in [1.165, 1.54) is 29.6 Å². The first-order chi connectivity index (χ1) is 20.7. The number of benzene rings is 1. The molecule has 11 nitrogen and oxygen atoms in total. The average Bonchev–Trinajstić information content (AvgIpc) is 3.64. The highest BCUT2D eigenvalue weighted by atomic mass is 19.1. The van der Waals surface area contributed by atoms with E-state index < -0.39 is 29.5 Å². The number of anilines is 3. The predicted molar refractivity (Wildman–Crippen MR) is 157 cm³/mol. The van der Waals surface area contributed by atoms with Crippen molar-refractivity contribution >= 4 is 40.3 Å². The molecule has 6 rings (SSSR count). The molecule has 0 bridgehead atoms. The average molecular weight is 590 g/mol. The van der Waals surface area contributed by atoms with Gasteiger partial charge in [-0.1, -0.05) is 13.8 Å². The number of amides is 2. The molecule has 2 fully saturated rings. The van der Waals surface area contributed by atoms with Gasteiger partial charge in [-0.15, -0.1) is 0 Å². The topological polar surface area (TPSA) is 135 Å². The molecule has 0 radical (unpaired) electrons. The fourth-order valence-electron chi connectivity index (χ4n) is 5.90. The van der Waals surface area contributed by atoms with Crippen LogP contribution in [0.5, 0.6) is 0 Å². The lowest BCUT2D eigenvalue weighted by Gasteiger charge is -2.32. The number of rotatable bonds is 7. The van der Waals surface area contributed by atoms with Gasteiger partial charge in [0, 0.05) is 49.8 Å². The van der Waals surface area contributed by atoms with Gasteiger partial charge in [0.15, 0.2) is 5.82 Å². The molecule has 1 aromatic carbocycles. The molecule has 0 saturated carbocycles. The summed E-state index contributed by atoms with van der Waals surface area (Å²) in [5, 5.41) is 3.02. The van der Waals surface area contributed by atoms with Crippen LogP contribution in [0.3, 0.4) is 0 Å². The molecular weight excluding hydrogens is 556 g/mol. The summed E-state index contributed by atoms with van der Waals surface area (Å²) >= 11 is 0. The highest BCUT2D eigenvalue weighted by Gasteiger charge is 2.33. The Kier molecular flexibility index (Phi) is 7.63. The number of hydrogen-bond acceptors (Lipinski definition) is 8. The van der Waals surface area contributed by atoms with Crippen molar-refractivity contribution < 1.29 is 18.4 Å². The van der Waals surface area contributed by atoms with Crippen molar-refractivity contribution in [3.05, 3.63) is 65.9 Å². The second-order valence-corrected chi connectivity index (χ2v) is 11.4. The lowest BCUT2D eigenvalue weighted by Crippen LogP contribution is -2.43. The van der Waals surface area contributed by atoms with E-state index in [-0.39, 0.29) is 28.5 Å².